The number of phenols is 1. The molecule has 0 saturated carbocycles. The Morgan fingerprint density at radius 2 is 2.08 bits per heavy atom. The molecule has 4 nitrogen and oxygen atoms in total. The lowest BCUT2D eigenvalue weighted by Gasteiger charge is -2.15. The summed E-state index contributed by atoms with van der Waals surface area (Å²) in [5.41, 5.74) is 4.80. The van der Waals surface area contributed by atoms with E-state index in [1.165, 1.54) is 6.07 Å². The summed E-state index contributed by atoms with van der Waals surface area (Å²) in [5, 5.41) is 20.7. The van der Waals surface area contributed by atoms with E-state index in [-0.39, 0.29) is 17.1 Å². The molecule has 1 aromatic heterocycles. The number of hydrogen-bond donors (Lipinski definition) is 1. The van der Waals surface area contributed by atoms with Gasteiger partial charge in [0.2, 0.25) is 0 Å². The number of aromatic nitrogens is 1. The van der Waals surface area contributed by atoms with Crippen LogP contribution in [0.3, 0.4) is 0 Å². The maximum atomic E-state index is 14.1. The van der Waals surface area contributed by atoms with Crippen molar-refractivity contribution in [1.82, 2.24) is 4.57 Å². The number of fused-ring (bicyclic) bond motifs is 3. The SMILES string of the molecule is Cc1ccc(-c2cc(C#N)c(O)c3c(C)c4n(c23)CCN=C4)cc1F. The van der Waals surface area contributed by atoms with Gasteiger partial charge in [-0.1, -0.05) is 12.1 Å². The zero-order valence-corrected chi connectivity index (χ0v) is 14.0. The van der Waals surface area contributed by atoms with Crippen molar-refractivity contribution >= 4 is 17.1 Å². The van der Waals surface area contributed by atoms with Crippen molar-refractivity contribution in [1.29, 1.82) is 5.26 Å². The third-order valence-electron chi connectivity index (χ3n) is 4.86. The van der Waals surface area contributed by atoms with Gasteiger partial charge in [-0.15, -0.1) is 0 Å². The van der Waals surface area contributed by atoms with Crippen molar-refractivity contribution in [3.05, 3.63) is 52.5 Å². The summed E-state index contributed by atoms with van der Waals surface area (Å²) in [6.45, 7) is 4.96. The molecule has 0 unspecified atom stereocenters. The second kappa shape index (κ2) is 5.45. The number of halogens is 1. The van der Waals surface area contributed by atoms with Gasteiger partial charge in [-0.3, -0.25) is 4.99 Å². The smallest absolute Gasteiger partial charge is 0.143 e. The normalized spacial score (nSPS) is 13.0. The van der Waals surface area contributed by atoms with E-state index in [1.54, 1.807) is 25.3 Å². The maximum absolute atomic E-state index is 14.1. The van der Waals surface area contributed by atoms with Crippen LogP contribution < -0.4 is 0 Å². The first-order valence-electron chi connectivity index (χ1n) is 8.08. The van der Waals surface area contributed by atoms with Crippen LogP contribution in [0.15, 0.2) is 29.3 Å². The Kier molecular flexibility index (Phi) is 3.36. The molecule has 1 aliphatic heterocycles. The number of hydrogen-bond acceptors (Lipinski definition) is 3. The van der Waals surface area contributed by atoms with E-state index in [0.29, 0.717) is 29.6 Å². The van der Waals surface area contributed by atoms with Gasteiger partial charge in [0, 0.05) is 23.7 Å². The predicted molar refractivity (Wildman–Crippen MR) is 95.6 cm³/mol. The maximum Gasteiger partial charge on any atom is 0.143 e. The molecule has 1 aliphatic rings. The van der Waals surface area contributed by atoms with Crippen molar-refractivity contribution in [2.75, 3.05) is 6.54 Å². The third-order valence-corrected chi connectivity index (χ3v) is 4.86. The Bertz CT molecular complexity index is 1100. The van der Waals surface area contributed by atoms with Crippen molar-refractivity contribution in [3.63, 3.8) is 0 Å². The molecular formula is C20H16FN3O. The van der Waals surface area contributed by atoms with Crippen LogP contribution in [0, 0.1) is 31.0 Å². The second-order valence-corrected chi connectivity index (χ2v) is 6.32. The van der Waals surface area contributed by atoms with E-state index in [2.05, 4.69) is 9.56 Å². The van der Waals surface area contributed by atoms with Crippen LogP contribution in [0.2, 0.25) is 0 Å². The highest BCUT2D eigenvalue weighted by Crippen LogP contribution is 2.41. The minimum atomic E-state index is -0.291. The van der Waals surface area contributed by atoms with E-state index in [0.717, 1.165) is 22.3 Å². The van der Waals surface area contributed by atoms with Gasteiger partial charge in [-0.25, -0.2) is 4.39 Å². The number of aryl methyl sites for hydroxylation is 2. The summed E-state index contributed by atoms with van der Waals surface area (Å²) in [6.07, 6.45) is 1.80. The summed E-state index contributed by atoms with van der Waals surface area (Å²) in [4.78, 5) is 4.32. The van der Waals surface area contributed by atoms with Crippen LogP contribution in [0.1, 0.15) is 22.4 Å². The van der Waals surface area contributed by atoms with Crippen molar-refractivity contribution in [3.8, 4) is 22.9 Å². The highest BCUT2D eigenvalue weighted by Gasteiger charge is 2.23. The summed E-state index contributed by atoms with van der Waals surface area (Å²) >= 11 is 0. The lowest BCUT2D eigenvalue weighted by molar-refractivity contribution is 0.480. The van der Waals surface area contributed by atoms with Crippen molar-refractivity contribution in [2.45, 2.75) is 20.4 Å². The molecule has 124 valence electrons. The number of benzene rings is 2. The standard InChI is InChI=1S/C20H16FN3O/c1-11-3-4-13(8-16(11)21)15-7-14(9-22)20(25)18-12(2)17-10-23-5-6-24(17)19(15)18/h3-4,7-8,10,25H,5-6H2,1-2H3. The molecule has 25 heavy (non-hydrogen) atoms. The van der Waals surface area contributed by atoms with Crippen LogP contribution in [0.25, 0.3) is 22.0 Å². The van der Waals surface area contributed by atoms with Gasteiger partial charge in [-0.05, 0) is 42.7 Å². The number of nitriles is 1. The average molecular weight is 333 g/mol. The topological polar surface area (TPSA) is 61.3 Å². The Balaban J connectivity index is 2.17. The van der Waals surface area contributed by atoms with Gasteiger partial charge >= 0.3 is 0 Å². The summed E-state index contributed by atoms with van der Waals surface area (Å²) < 4.78 is 16.2. The lowest BCUT2D eigenvalue weighted by Crippen LogP contribution is -2.11. The van der Waals surface area contributed by atoms with Crippen LogP contribution in [0.4, 0.5) is 4.39 Å². The van der Waals surface area contributed by atoms with Gasteiger partial charge in [0.05, 0.1) is 23.3 Å². The van der Waals surface area contributed by atoms with Crippen LogP contribution in [-0.2, 0) is 6.54 Å². The largest absolute Gasteiger partial charge is 0.506 e. The van der Waals surface area contributed by atoms with Gasteiger partial charge in [0.1, 0.15) is 17.6 Å². The summed E-state index contributed by atoms with van der Waals surface area (Å²) in [7, 11) is 0. The Morgan fingerprint density at radius 3 is 2.80 bits per heavy atom. The quantitative estimate of drug-likeness (QED) is 0.729. The zero-order valence-electron chi connectivity index (χ0n) is 14.0. The first-order valence-corrected chi connectivity index (χ1v) is 8.08. The molecule has 3 aromatic rings. The molecule has 2 aromatic carbocycles. The highest BCUT2D eigenvalue weighted by atomic mass is 19.1. The number of aromatic hydroxyl groups is 1. The lowest BCUT2D eigenvalue weighted by atomic mass is 9.97. The Hall–Kier alpha value is -3.13. The zero-order chi connectivity index (χ0) is 17.7. The molecule has 0 fully saturated rings. The molecule has 0 saturated heterocycles. The van der Waals surface area contributed by atoms with E-state index in [9.17, 15) is 14.8 Å². The fourth-order valence-electron chi connectivity index (χ4n) is 3.52. The van der Waals surface area contributed by atoms with Crippen LogP contribution >= 0.6 is 0 Å². The van der Waals surface area contributed by atoms with Crippen LogP contribution in [-0.4, -0.2) is 22.4 Å². The molecule has 2 heterocycles. The van der Waals surface area contributed by atoms with Crippen LogP contribution in [0.5, 0.6) is 5.75 Å². The molecular weight excluding hydrogens is 317 g/mol. The van der Waals surface area contributed by atoms with Gasteiger partial charge in [-0.2, -0.15) is 5.26 Å². The van der Waals surface area contributed by atoms with Crippen molar-refractivity contribution < 1.29 is 9.50 Å². The second-order valence-electron chi connectivity index (χ2n) is 6.32. The summed E-state index contributed by atoms with van der Waals surface area (Å²) in [6, 6.07) is 8.74. The summed E-state index contributed by atoms with van der Waals surface area (Å²) in [5.74, 6) is -0.317. The first kappa shape index (κ1) is 15.4. The third kappa shape index (κ3) is 2.14. The van der Waals surface area contributed by atoms with E-state index >= 15 is 0 Å². The Labute approximate surface area is 144 Å². The number of phenolic OH excluding ortho intramolecular Hbond substituents is 1. The molecule has 0 radical (unpaired) electrons. The molecule has 0 spiro atoms. The Morgan fingerprint density at radius 1 is 1.28 bits per heavy atom. The molecule has 1 N–H and O–H groups in total. The van der Waals surface area contributed by atoms with E-state index in [4.69, 9.17) is 0 Å². The van der Waals surface area contributed by atoms with E-state index < -0.39 is 0 Å². The fraction of sp³-hybridized carbons (Fsp3) is 0.200. The predicted octanol–water partition coefficient (Wildman–Crippen LogP) is 4.07. The van der Waals surface area contributed by atoms with E-state index in [1.807, 2.05) is 19.1 Å². The van der Waals surface area contributed by atoms with Gasteiger partial charge in [0.15, 0.2) is 0 Å². The first-order chi connectivity index (χ1) is 12.0. The molecule has 0 atom stereocenters. The minimum absolute atomic E-state index is 0.0263. The highest BCUT2D eigenvalue weighted by molar-refractivity contribution is 6.06. The molecule has 5 heteroatoms. The van der Waals surface area contributed by atoms with Crippen molar-refractivity contribution in [2.24, 2.45) is 4.99 Å². The molecule has 0 amide bonds. The number of nitrogens with zero attached hydrogens (tertiary/aromatic N) is 3. The molecule has 0 bridgehead atoms. The fourth-order valence-corrected chi connectivity index (χ4v) is 3.52. The van der Waals surface area contributed by atoms with Gasteiger partial charge < -0.3 is 9.67 Å². The number of aliphatic imine (C=N–C) groups is 1. The van der Waals surface area contributed by atoms with Gasteiger partial charge in [0.25, 0.3) is 0 Å². The average Bonchev–Trinajstić information content (AvgIpc) is 2.92. The molecule has 4 rings (SSSR count). The molecule has 0 aliphatic carbocycles. The monoisotopic (exact) mass is 333 g/mol. The minimum Gasteiger partial charge on any atom is -0.506 e. The number of rotatable bonds is 1.